The van der Waals surface area contributed by atoms with Gasteiger partial charge in [-0.15, -0.1) is 0 Å². The molecule has 0 radical (unpaired) electrons. The molecule has 1 aliphatic rings. The van der Waals surface area contributed by atoms with Crippen LogP contribution in [-0.2, 0) is 0 Å². The lowest BCUT2D eigenvalue weighted by atomic mass is 9.95. The highest BCUT2D eigenvalue weighted by atomic mass is 16.3. The molecule has 3 heteroatoms. The van der Waals surface area contributed by atoms with Gasteiger partial charge in [-0.1, -0.05) is 0 Å². The van der Waals surface area contributed by atoms with E-state index in [1.54, 1.807) is 0 Å². The standard InChI is InChI=1S/C14H30N2O/c1-11(14(5,6)17)15-12-7-9-16(10-8-12)13(2,3)4/h11-12,15,17H,7-10H2,1-6H3. The van der Waals surface area contributed by atoms with Crippen molar-refractivity contribution in [2.24, 2.45) is 0 Å². The highest BCUT2D eigenvalue weighted by Gasteiger charge is 2.30. The molecule has 0 amide bonds. The van der Waals surface area contributed by atoms with Crippen molar-refractivity contribution in [2.45, 2.75) is 77.6 Å². The first kappa shape index (κ1) is 14.9. The molecule has 1 rings (SSSR count). The summed E-state index contributed by atoms with van der Waals surface area (Å²) in [4.78, 5) is 2.54. The van der Waals surface area contributed by atoms with E-state index in [2.05, 4.69) is 37.9 Å². The summed E-state index contributed by atoms with van der Waals surface area (Å²) in [6.07, 6.45) is 2.36. The van der Waals surface area contributed by atoms with E-state index in [1.807, 2.05) is 13.8 Å². The molecule has 1 atom stereocenters. The Hall–Kier alpha value is -0.120. The van der Waals surface area contributed by atoms with Gasteiger partial charge in [-0.2, -0.15) is 0 Å². The van der Waals surface area contributed by atoms with Crippen molar-refractivity contribution in [1.82, 2.24) is 10.2 Å². The zero-order valence-corrected chi connectivity index (χ0v) is 12.4. The second kappa shape index (κ2) is 5.25. The SMILES string of the molecule is CC(NC1CCN(C(C)(C)C)CC1)C(C)(C)O. The molecule has 1 saturated heterocycles. The van der Waals surface area contributed by atoms with E-state index in [9.17, 15) is 5.11 Å². The van der Waals surface area contributed by atoms with Crippen LogP contribution in [0.5, 0.6) is 0 Å². The summed E-state index contributed by atoms with van der Waals surface area (Å²) in [5.74, 6) is 0. The van der Waals surface area contributed by atoms with Crippen molar-refractivity contribution in [3.05, 3.63) is 0 Å². The number of nitrogens with one attached hydrogen (secondary N) is 1. The first-order valence-electron chi connectivity index (χ1n) is 6.84. The summed E-state index contributed by atoms with van der Waals surface area (Å²) in [5.41, 5.74) is -0.353. The van der Waals surface area contributed by atoms with Crippen LogP contribution in [0, 0.1) is 0 Å². The second-order valence-electron chi connectivity index (χ2n) is 6.97. The molecule has 0 spiro atoms. The summed E-state index contributed by atoms with van der Waals surface area (Å²) >= 11 is 0. The van der Waals surface area contributed by atoms with Crippen molar-refractivity contribution in [3.8, 4) is 0 Å². The predicted octanol–water partition coefficient (Wildman–Crippen LogP) is 2.00. The van der Waals surface area contributed by atoms with Gasteiger partial charge in [0.2, 0.25) is 0 Å². The zero-order valence-electron chi connectivity index (χ0n) is 12.4. The van der Waals surface area contributed by atoms with Gasteiger partial charge >= 0.3 is 0 Å². The maximum absolute atomic E-state index is 9.93. The lowest BCUT2D eigenvalue weighted by Gasteiger charge is -2.42. The molecule has 0 bridgehead atoms. The van der Waals surface area contributed by atoms with Gasteiger partial charge in [-0.05, 0) is 54.4 Å². The summed E-state index contributed by atoms with van der Waals surface area (Å²) in [6.45, 7) is 14.9. The summed E-state index contributed by atoms with van der Waals surface area (Å²) < 4.78 is 0. The Labute approximate surface area is 107 Å². The number of piperidine rings is 1. The molecule has 0 aromatic rings. The zero-order chi connectivity index (χ0) is 13.3. The van der Waals surface area contributed by atoms with Crippen LogP contribution < -0.4 is 5.32 Å². The van der Waals surface area contributed by atoms with Gasteiger partial charge in [0.15, 0.2) is 0 Å². The molecule has 17 heavy (non-hydrogen) atoms. The van der Waals surface area contributed by atoms with Gasteiger partial charge in [-0.25, -0.2) is 0 Å². The Morgan fingerprint density at radius 3 is 1.94 bits per heavy atom. The molecule has 0 saturated carbocycles. The molecular formula is C14H30N2O. The molecule has 0 aromatic carbocycles. The van der Waals surface area contributed by atoms with E-state index in [4.69, 9.17) is 0 Å². The second-order valence-corrected chi connectivity index (χ2v) is 6.97. The number of likely N-dealkylation sites (tertiary alicyclic amines) is 1. The van der Waals surface area contributed by atoms with Gasteiger partial charge in [0.25, 0.3) is 0 Å². The van der Waals surface area contributed by atoms with Crippen molar-refractivity contribution >= 4 is 0 Å². The maximum atomic E-state index is 9.93. The van der Waals surface area contributed by atoms with E-state index in [-0.39, 0.29) is 11.6 Å². The Morgan fingerprint density at radius 2 is 1.59 bits per heavy atom. The number of nitrogens with zero attached hydrogens (tertiary/aromatic N) is 1. The summed E-state index contributed by atoms with van der Waals surface area (Å²) in [6, 6.07) is 0.698. The fourth-order valence-corrected chi connectivity index (χ4v) is 2.27. The van der Waals surface area contributed by atoms with E-state index in [0.29, 0.717) is 6.04 Å². The smallest absolute Gasteiger partial charge is 0.0741 e. The predicted molar refractivity (Wildman–Crippen MR) is 73.2 cm³/mol. The minimum absolute atomic E-state index is 0.147. The van der Waals surface area contributed by atoms with E-state index in [0.717, 1.165) is 13.1 Å². The molecule has 1 heterocycles. The topological polar surface area (TPSA) is 35.5 Å². The van der Waals surface area contributed by atoms with Crippen molar-refractivity contribution in [1.29, 1.82) is 0 Å². The average molecular weight is 242 g/mol. The number of aliphatic hydroxyl groups is 1. The van der Waals surface area contributed by atoms with Crippen LogP contribution in [0.15, 0.2) is 0 Å². The normalized spacial score (nSPS) is 22.8. The molecule has 1 aliphatic heterocycles. The number of rotatable bonds is 3. The van der Waals surface area contributed by atoms with Gasteiger partial charge in [-0.3, -0.25) is 4.90 Å². The Kier molecular flexibility index (Phi) is 4.61. The fraction of sp³-hybridized carbons (Fsp3) is 1.00. The minimum Gasteiger partial charge on any atom is -0.389 e. The molecule has 2 N–H and O–H groups in total. The third-order valence-corrected chi connectivity index (χ3v) is 3.99. The first-order valence-corrected chi connectivity index (χ1v) is 6.84. The van der Waals surface area contributed by atoms with Gasteiger partial charge in [0.05, 0.1) is 5.60 Å². The van der Waals surface area contributed by atoms with Crippen LogP contribution >= 0.6 is 0 Å². The molecular weight excluding hydrogens is 212 g/mol. The van der Waals surface area contributed by atoms with Crippen molar-refractivity contribution in [2.75, 3.05) is 13.1 Å². The van der Waals surface area contributed by atoms with Gasteiger partial charge < -0.3 is 10.4 Å². The molecule has 0 aliphatic carbocycles. The van der Waals surface area contributed by atoms with E-state index in [1.165, 1.54) is 12.8 Å². The Bertz CT molecular complexity index is 232. The van der Waals surface area contributed by atoms with Gasteiger partial charge in [0, 0.05) is 30.7 Å². The van der Waals surface area contributed by atoms with Crippen LogP contribution in [0.3, 0.4) is 0 Å². The molecule has 102 valence electrons. The molecule has 1 fully saturated rings. The van der Waals surface area contributed by atoms with Crippen molar-refractivity contribution in [3.63, 3.8) is 0 Å². The Balaban J connectivity index is 2.38. The maximum Gasteiger partial charge on any atom is 0.0741 e. The van der Waals surface area contributed by atoms with Crippen LogP contribution in [0.2, 0.25) is 0 Å². The minimum atomic E-state index is -0.638. The lowest BCUT2D eigenvalue weighted by molar-refractivity contribution is 0.0301. The number of hydrogen-bond acceptors (Lipinski definition) is 3. The first-order chi connectivity index (χ1) is 7.60. The van der Waals surface area contributed by atoms with Crippen LogP contribution in [-0.4, -0.2) is 46.3 Å². The molecule has 3 nitrogen and oxygen atoms in total. The van der Waals surface area contributed by atoms with Crippen molar-refractivity contribution < 1.29 is 5.11 Å². The summed E-state index contributed by atoms with van der Waals surface area (Å²) in [5, 5.41) is 13.5. The Morgan fingerprint density at radius 1 is 1.12 bits per heavy atom. The van der Waals surface area contributed by atoms with Crippen LogP contribution in [0.25, 0.3) is 0 Å². The summed E-state index contributed by atoms with van der Waals surface area (Å²) in [7, 11) is 0. The number of hydrogen-bond donors (Lipinski definition) is 2. The quantitative estimate of drug-likeness (QED) is 0.794. The monoisotopic (exact) mass is 242 g/mol. The van der Waals surface area contributed by atoms with Gasteiger partial charge in [0.1, 0.15) is 0 Å². The van der Waals surface area contributed by atoms with E-state index < -0.39 is 5.60 Å². The molecule has 0 aromatic heterocycles. The van der Waals surface area contributed by atoms with Crippen LogP contribution in [0.1, 0.15) is 54.4 Å². The third-order valence-electron chi connectivity index (χ3n) is 3.99. The third kappa shape index (κ3) is 4.57. The average Bonchev–Trinajstić information content (AvgIpc) is 2.15. The molecule has 1 unspecified atom stereocenters. The lowest BCUT2D eigenvalue weighted by Crippen LogP contribution is -2.54. The van der Waals surface area contributed by atoms with E-state index >= 15 is 0 Å². The highest BCUT2D eigenvalue weighted by molar-refractivity contribution is 4.88. The fourth-order valence-electron chi connectivity index (χ4n) is 2.27. The highest BCUT2D eigenvalue weighted by Crippen LogP contribution is 2.21. The largest absolute Gasteiger partial charge is 0.389 e. The van der Waals surface area contributed by atoms with Crippen LogP contribution in [0.4, 0.5) is 0 Å².